The summed E-state index contributed by atoms with van der Waals surface area (Å²) in [5.74, 6) is 2.92. The van der Waals surface area contributed by atoms with E-state index in [9.17, 15) is 0 Å². The minimum atomic E-state index is 0.599. The Morgan fingerprint density at radius 2 is 1.61 bits per heavy atom. The minimum absolute atomic E-state index is 0.599. The number of rotatable bonds is 12. The Hall–Kier alpha value is -3.11. The highest BCUT2D eigenvalue weighted by Crippen LogP contribution is 2.27. The first-order valence-electron chi connectivity index (χ1n) is 13.7. The molecule has 188 valence electrons. The number of benzene rings is 3. The lowest BCUT2D eigenvalue weighted by molar-refractivity contribution is 0.208. The summed E-state index contributed by atoms with van der Waals surface area (Å²) in [5, 5.41) is 0. The van der Waals surface area contributed by atoms with Gasteiger partial charge < -0.3 is 9.30 Å². The lowest BCUT2D eigenvalue weighted by atomic mass is 10.1. The molecule has 0 unspecified atom stereocenters. The smallest absolute Gasteiger partial charge is 0.124 e. The monoisotopic (exact) mass is 481 g/mol. The molecule has 36 heavy (non-hydrogen) atoms. The molecule has 1 aliphatic rings. The van der Waals surface area contributed by atoms with Crippen molar-refractivity contribution in [2.45, 2.75) is 71.7 Å². The highest BCUT2D eigenvalue weighted by atomic mass is 16.5. The average molecular weight is 482 g/mol. The first kappa shape index (κ1) is 24.6. The Morgan fingerprint density at radius 3 is 2.39 bits per heavy atom. The predicted octanol–water partition coefficient (Wildman–Crippen LogP) is 7.61. The number of imidazole rings is 1. The molecule has 1 heterocycles. The summed E-state index contributed by atoms with van der Waals surface area (Å²) < 4.78 is 8.47. The molecule has 4 heteroatoms. The SMILES string of the molecule is CCCCn1c(CN(Cc2ccc(OCc3ccccc3)cc2)CC2CCCC2)nc2ccccc21. The lowest BCUT2D eigenvalue weighted by Gasteiger charge is -2.26. The normalized spacial score (nSPS) is 14.2. The van der Waals surface area contributed by atoms with Crippen LogP contribution in [0.3, 0.4) is 0 Å². The van der Waals surface area contributed by atoms with Crippen molar-refractivity contribution in [3.05, 3.63) is 95.8 Å². The number of para-hydroxylation sites is 2. The Balaban J connectivity index is 1.30. The third kappa shape index (κ3) is 6.36. The molecule has 4 aromatic rings. The fourth-order valence-corrected chi connectivity index (χ4v) is 5.45. The van der Waals surface area contributed by atoms with E-state index in [1.165, 1.54) is 61.0 Å². The van der Waals surface area contributed by atoms with Crippen molar-refractivity contribution in [3.63, 3.8) is 0 Å². The number of hydrogen-bond acceptors (Lipinski definition) is 3. The van der Waals surface area contributed by atoms with Gasteiger partial charge in [-0.05, 0) is 60.6 Å². The van der Waals surface area contributed by atoms with Crippen LogP contribution >= 0.6 is 0 Å². The zero-order valence-electron chi connectivity index (χ0n) is 21.6. The summed E-state index contributed by atoms with van der Waals surface area (Å²) in [4.78, 5) is 7.71. The third-order valence-electron chi connectivity index (χ3n) is 7.40. The van der Waals surface area contributed by atoms with Crippen LogP contribution in [0, 0.1) is 5.92 Å². The van der Waals surface area contributed by atoms with Gasteiger partial charge in [-0.3, -0.25) is 4.90 Å². The van der Waals surface area contributed by atoms with E-state index in [1.807, 2.05) is 6.07 Å². The number of nitrogens with zero attached hydrogens (tertiary/aromatic N) is 3. The average Bonchev–Trinajstić information content (AvgIpc) is 3.55. The summed E-state index contributed by atoms with van der Waals surface area (Å²) in [6, 6.07) is 27.6. The zero-order valence-corrected chi connectivity index (χ0v) is 21.6. The van der Waals surface area contributed by atoms with E-state index in [-0.39, 0.29) is 0 Å². The van der Waals surface area contributed by atoms with Gasteiger partial charge in [-0.15, -0.1) is 0 Å². The predicted molar refractivity (Wildman–Crippen MR) is 148 cm³/mol. The molecule has 5 rings (SSSR count). The van der Waals surface area contributed by atoms with Crippen LogP contribution in [-0.2, 0) is 26.2 Å². The minimum Gasteiger partial charge on any atom is -0.489 e. The van der Waals surface area contributed by atoms with Gasteiger partial charge in [0.1, 0.15) is 18.2 Å². The second-order valence-electron chi connectivity index (χ2n) is 10.3. The van der Waals surface area contributed by atoms with Crippen LogP contribution in [-0.4, -0.2) is 21.0 Å². The van der Waals surface area contributed by atoms with E-state index in [1.54, 1.807) is 0 Å². The van der Waals surface area contributed by atoms with Crippen LogP contribution in [0.15, 0.2) is 78.9 Å². The molecule has 0 N–H and O–H groups in total. The molecule has 0 spiro atoms. The Labute approximate surface area is 215 Å². The van der Waals surface area contributed by atoms with Crippen LogP contribution in [0.5, 0.6) is 5.75 Å². The topological polar surface area (TPSA) is 30.3 Å². The van der Waals surface area contributed by atoms with Gasteiger partial charge >= 0.3 is 0 Å². The number of hydrogen-bond donors (Lipinski definition) is 0. The van der Waals surface area contributed by atoms with E-state index in [0.29, 0.717) is 6.61 Å². The van der Waals surface area contributed by atoms with Crippen LogP contribution in [0.4, 0.5) is 0 Å². The lowest BCUT2D eigenvalue weighted by Crippen LogP contribution is -2.29. The van der Waals surface area contributed by atoms with Gasteiger partial charge in [-0.25, -0.2) is 4.98 Å². The summed E-state index contributed by atoms with van der Waals surface area (Å²) in [6.45, 7) is 6.87. The molecule has 0 radical (unpaired) electrons. The fraction of sp³-hybridized carbons (Fsp3) is 0.406. The van der Waals surface area contributed by atoms with Crippen molar-refractivity contribution in [3.8, 4) is 5.75 Å². The Bertz CT molecular complexity index is 1210. The molecule has 1 aliphatic carbocycles. The van der Waals surface area contributed by atoms with Gasteiger partial charge in [0.15, 0.2) is 0 Å². The zero-order chi connectivity index (χ0) is 24.6. The number of aromatic nitrogens is 2. The maximum atomic E-state index is 6.02. The van der Waals surface area contributed by atoms with Crippen LogP contribution in [0.1, 0.15) is 62.4 Å². The van der Waals surface area contributed by atoms with Crippen molar-refractivity contribution >= 4 is 11.0 Å². The van der Waals surface area contributed by atoms with Gasteiger partial charge in [-0.2, -0.15) is 0 Å². The summed E-state index contributed by atoms with van der Waals surface area (Å²) in [7, 11) is 0. The number of fused-ring (bicyclic) bond motifs is 1. The van der Waals surface area contributed by atoms with Gasteiger partial charge in [0.05, 0.1) is 17.6 Å². The number of unbranched alkanes of at least 4 members (excludes halogenated alkanes) is 1. The molecular weight excluding hydrogens is 442 g/mol. The fourth-order valence-electron chi connectivity index (χ4n) is 5.45. The molecule has 1 aromatic heterocycles. The molecule has 4 nitrogen and oxygen atoms in total. The Morgan fingerprint density at radius 1 is 0.861 bits per heavy atom. The van der Waals surface area contributed by atoms with Crippen LogP contribution in [0.2, 0.25) is 0 Å². The van der Waals surface area contributed by atoms with Crippen molar-refractivity contribution in [2.75, 3.05) is 6.54 Å². The van der Waals surface area contributed by atoms with Gasteiger partial charge in [0.25, 0.3) is 0 Å². The second-order valence-corrected chi connectivity index (χ2v) is 10.3. The van der Waals surface area contributed by atoms with Crippen molar-refractivity contribution in [1.82, 2.24) is 14.5 Å². The van der Waals surface area contributed by atoms with E-state index < -0.39 is 0 Å². The van der Waals surface area contributed by atoms with E-state index in [0.717, 1.165) is 43.4 Å². The summed E-state index contributed by atoms with van der Waals surface area (Å²) in [6.07, 6.45) is 7.84. The standard InChI is InChI=1S/C32H39N3O/c1-2-3-21-35-31-16-10-9-15-30(31)33-32(35)24-34(22-26-11-7-8-12-26)23-27-17-19-29(20-18-27)36-25-28-13-5-4-6-14-28/h4-6,9-10,13-20,26H,2-3,7-8,11-12,21-25H2,1H3. The second kappa shape index (κ2) is 12.2. The van der Waals surface area contributed by atoms with Gasteiger partial charge in [0, 0.05) is 19.6 Å². The molecule has 0 aliphatic heterocycles. The molecule has 0 amide bonds. The van der Waals surface area contributed by atoms with Crippen molar-refractivity contribution in [2.24, 2.45) is 5.92 Å². The molecule has 3 aromatic carbocycles. The van der Waals surface area contributed by atoms with E-state index in [2.05, 4.69) is 89.2 Å². The molecule has 0 bridgehead atoms. The van der Waals surface area contributed by atoms with E-state index >= 15 is 0 Å². The largest absolute Gasteiger partial charge is 0.489 e. The molecule has 1 fully saturated rings. The summed E-state index contributed by atoms with van der Waals surface area (Å²) in [5.41, 5.74) is 4.90. The molecular formula is C32H39N3O. The van der Waals surface area contributed by atoms with Gasteiger partial charge in [-0.1, -0.05) is 80.8 Å². The quantitative estimate of drug-likeness (QED) is 0.209. The first-order valence-corrected chi connectivity index (χ1v) is 13.7. The maximum Gasteiger partial charge on any atom is 0.124 e. The van der Waals surface area contributed by atoms with Crippen molar-refractivity contribution in [1.29, 1.82) is 0 Å². The summed E-state index contributed by atoms with van der Waals surface area (Å²) >= 11 is 0. The highest BCUT2D eigenvalue weighted by molar-refractivity contribution is 5.75. The third-order valence-corrected chi connectivity index (χ3v) is 7.40. The van der Waals surface area contributed by atoms with Crippen LogP contribution < -0.4 is 4.74 Å². The molecule has 0 atom stereocenters. The number of ether oxygens (including phenoxy) is 1. The first-order chi connectivity index (χ1) is 17.8. The number of aryl methyl sites for hydroxylation is 1. The van der Waals surface area contributed by atoms with Crippen LogP contribution in [0.25, 0.3) is 11.0 Å². The van der Waals surface area contributed by atoms with E-state index in [4.69, 9.17) is 9.72 Å². The molecule has 0 saturated heterocycles. The van der Waals surface area contributed by atoms with Gasteiger partial charge in [0.2, 0.25) is 0 Å². The highest BCUT2D eigenvalue weighted by Gasteiger charge is 2.21. The Kier molecular flexibility index (Phi) is 8.35. The van der Waals surface area contributed by atoms with Crippen molar-refractivity contribution < 1.29 is 4.74 Å². The molecule has 1 saturated carbocycles. The maximum absolute atomic E-state index is 6.02.